The molecule has 0 aromatic heterocycles. The molecule has 1 aliphatic heterocycles. The van der Waals surface area contributed by atoms with Crippen molar-refractivity contribution in [3.05, 3.63) is 72.6 Å². The Kier molecular flexibility index (Phi) is 9.29. The van der Waals surface area contributed by atoms with E-state index in [1.165, 1.54) is 0 Å². The Morgan fingerprint density at radius 1 is 1.25 bits per heavy atom. The van der Waals surface area contributed by atoms with E-state index in [1.807, 2.05) is 73.9 Å². The van der Waals surface area contributed by atoms with Gasteiger partial charge in [0.2, 0.25) is 0 Å². The first kappa shape index (κ1) is 23.3. The molecule has 152 valence electrons. The van der Waals surface area contributed by atoms with Crippen LogP contribution < -0.4 is 9.64 Å². The summed E-state index contributed by atoms with van der Waals surface area (Å²) in [6, 6.07) is 7.69. The molecule has 1 heterocycles. The van der Waals surface area contributed by atoms with Crippen molar-refractivity contribution in [1.29, 1.82) is 0 Å². The minimum Gasteiger partial charge on any atom is -0.497 e. The minimum atomic E-state index is 0.0584. The van der Waals surface area contributed by atoms with Gasteiger partial charge in [-0.1, -0.05) is 40.0 Å². The van der Waals surface area contributed by atoms with E-state index < -0.39 is 0 Å². The zero-order chi connectivity index (χ0) is 21.3. The molecule has 1 aromatic carbocycles. The lowest BCUT2D eigenvalue weighted by Crippen LogP contribution is -2.49. The molecule has 2 rings (SSSR count). The summed E-state index contributed by atoms with van der Waals surface area (Å²) in [6.07, 6.45) is 5.47. The van der Waals surface area contributed by atoms with Gasteiger partial charge in [-0.3, -0.25) is 4.79 Å². The van der Waals surface area contributed by atoms with E-state index in [0.29, 0.717) is 11.5 Å². The maximum absolute atomic E-state index is 12.7. The van der Waals surface area contributed by atoms with Crippen LogP contribution >= 0.6 is 0 Å². The number of rotatable bonds is 7. The first-order valence-corrected chi connectivity index (χ1v) is 9.80. The summed E-state index contributed by atoms with van der Waals surface area (Å²) in [5.74, 6) is 1.42. The van der Waals surface area contributed by atoms with Crippen LogP contribution in [-0.4, -0.2) is 31.0 Å². The third-order valence-electron chi connectivity index (χ3n) is 4.43. The van der Waals surface area contributed by atoms with Gasteiger partial charge in [-0.15, -0.1) is 0 Å². The summed E-state index contributed by atoms with van der Waals surface area (Å²) in [6.45, 7) is 19.6. The smallest absolute Gasteiger partial charge is 0.253 e. The number of benzene rings is 1. The third kappa shape index (κ3) is 5.62. The largest absolute Gasteiger partial charge is 0.497 e. The van der Waals surface area contributed by atoms with Crippen LogP contribution in [0.15, 0.2) is 72.6 Å². The molecule has 1 fully saturated rings. The summed E-state index contributed by atoms with van der Waals surface area (Å²) < 4.78 is 5.22. The molecule has 0 aliphatic carbocycles. The molecule has 0 unspecified atom stereocenters. The van der Waals surface area contributed by atoms with E-state index >= 15 is 0 Å². The van der Waals surface area contributed by atoms with Crippen molar-refractivity contribution < 1.29 is 9.53 Å². The minimum absolute atomic E-state index is 0.0584. The van der Waals surface area contributed by atoms with E-state index in [4.69, 9.17) is 4.74 Å². The molecule has 1 amide bonds. The molecule has 28 heavy (non-hydrogen) atoms. The van der Waals surface area contributed by atoms with Crippen molar-refractivity contribution in [3.63, 3.8) is 0 Å². The van der Waals surface area contributed by atoms with Crippen molar-refractivity contribution in [3.8, 4) is 5.75 Å². The fourth-order valence-electron chi connectivity index (χ4n) is 2.95. The van der Waals surface area contributed by atoms with Crippen LogP contribution in [0.4, 0.5) is 5.69 Å². The molecule has 0 bridgehead atoms. The molecule has 1 saturated heterocycles. The van der Waals surface area contributed by atoms with Crippen molar-refractivity contribution in [2.75, 3.05) is 25.1 Å². The van der Waals surface area contributed by atoms with Gasteiger partial charge in [0.25, 0.3) is 5.91 Å². The fraction of sp³-hybridized carbons (Fsp3) is 0.375. The summed E-state index contributed by atoms with van der Waals surface area (Å²) in [4.78, 5) is 16.5. The molecule has 0 radical (unpaired) electrons. The van der Waals surface area contributed by atoms with Gasteiger partial charge in [0.15, 0.2) is 0 Å². The van der Waals surface area contributed by atoms with Gasteiger partial charge < -0.3 is 14.5 Å². The molecule has 1 aliphatic rings. The number of methoxy groups -OCH3 is 1. The first-order chi connectivity index (χ1) is 13.4. The van der Waals surface area contributed by atoms with Crippen LogP contribution in [0.5, 0.6) is 5.75 Å². The lowest BCUT2D eigenvalue weighted by Gasteiger charge is -2.37. The van der Waals surface area contributed by atoms with Gasteiger partial charge in [0.05, 0.1) is 7.11 Å². The zero-order valence-corrected chi connectivity index (χ0v) is 18.2. The molecule has 0 saturated carbocycles. The lowest BCUT2D eigenvalue weighted by molar-refractivity contribution is -0.132. The number of nitrogens with zero attached hydrogens (tertiary/aromatic N) is 2. The number of likely N-dealkylation sites (tertiary alicyclic amines) is 1. The Labute approximate surface area is 170 Å². The highest BCUT2D eigenvalue weighted by atomic mass is 16.5. The summed E-state index contributed by atoms with van der Waals surface area (Å²) in [5, 5.41) is 0. The normalized spacial score (nSPS) is 14.4. The van der Waals surface area contributed by atoms with Crippen molar-refractivity contribution >= 4 is 11.6 Å². The highest BCUT2D eigenvalue weighted by molar-refractivity contribution is 5.97. The van der Waals surface area contributed by atoms with Crippen molar-refractivity contribution in [1.82, 2.24) is 4.90 Å². The van der Waals surface area contributed by atoms with Gasteiger partial charge in [-0.25, -0.2) is 0 Å². The Bertz CT molecular complexity index is 738. The molecule has 0 N–H and O–H groups in total. The summed E-state index contributed by atoms with van der Waals surface area (Å²) in [5.41, 5.74) is 3.27. The fourth-order valence-corrected chi connectivity index (χ4v) is 2.95. The van der Waals surface area contributed by atoms with E-state index in [0.717, 1.165) is 35.8 Å². The number of hydrogen-bond donors (Lipinski definition) is 0. The second kappa shape index (κ2) is 11.2. The quantitative estimate of drug-likeness (QED) is 0.457. The van der Waals surface area contributed by atoms with Gasteiger partial charge in [-0.05, 0) is 55.7 Å². The number of amides is 1. The van der Waals surface area contributed by atoms with E-state index in [1.54, 1.807) is 13.3 Å². The maximum Gasteiger partial charge on any atom is 0.253 e. The highest BCUT2D eigenvalue weighted by Crippen LogP contribution is 2.27. The molecule has 1 aromatic rings. The van der Waals surface area contributed by atoms with Crippen LogP contribution in [0.1, 0.15) is 34.6 Å². The van der Waals surface area contributed by atoms with E-state index in [-0.39, 0.29) is 5.91 Å². The molecule has 0 atom stereocenters. The number of anilines is 1. The van der Waals surface area contributed by atoms with E-state index in [2.05, 4.69) is 20.1 Å². The van der Waals surface area contributed by atoms with Crippen LogP contribution in [0.3, 0.4) is 0 Å². The van der Waals surface area contributed by atoms with E-state index in [9.17, 15) is 4.79 Å². The van der Waals surface area contributed by atoms with Gasteiger partial charge >= 0.3 is 0 Å². The lowest BCUT2D eigenvalue weighted by atomic mass is 10.0. The van der Waals surface area contributed by atoms with Crippen LogP contribution in [0, 0.1) is 5.92 Å². The molecule has 4 nitrogen and oxygen atoms in total. The topological polar surface area (TPSA) is 32.8 Å². The van der Waals surface area contributed by atoms with Crippen LogP contribution in [0.2, 0.25) is 0 Å². The number of hydrogen-bond acceptors (Lipinski definition) is 3. The number of carbonyl (C=O) groups is 1. The van der Waals surface area contributed by atoms with Crippen molar-refractivity contribution in [2.24, 2.45) is 5.92 Å². The molecule has 4 heteroatoms. The predicted octanol–water partition coefficient (Wildman–Crippen LogP) is 5.56. The Morgan fingerprint density at radius 3 is 2.21 bits per heavy atom. The Hall–Kier alpha value is -2.75. The SMILES string of the molecule is C=CN(/C(=C/C(=C\C)C(=O)N1CC(C)C1)C(=C)C)c1ccc(OC)cc1.CC. The molecular weight excluding hydrogens is 348 g/mol. The standard InChI is InChI=1S/C22H28N2O2.C2H6/c1-7-18(22(25)23-14-17(5)15-23)13-21(16(3)4)24(8-2)19-9-11-20(26-6)12-10-19;1-2/h7-13,17H,2-3,14-15H2,1,4-6H3;1-2H3/b18-7+,21-13+;. The molecule has 0 spiro atoms. The predicted molar refractivity (Wildman–Crippen MR) is 119 cm³/mol. The zero-order valence-electron chi connectivity index (χ0n) is 18.2. The van der Waals surface area contributed by atoms with Crippen LogP contribution in [-0.2, 0) is 4.79 Å². The number of ether oxygens (including phenoxy) is 1. The molecular formula is C24H34N2O2. The second-order valence-corrected chi connectivity index (χ2v) is 6.62. The summed E-state index contributed by atoms with van der Waals surface area (Å²) >= 11 is 0. The first-order valence-electron chi connectivity index (χ1n) is 9.80. The third-order valence-corrected chi connectivity index (χ3v) is 4.43. The van der Waals surface area contributed by atoms with Crippen LogP contribution in [0.25, 0.3) is 0 Å². The average Bonchev–Trinajstić information content (AvgIpc) is 2.69. The maximum atomic E-state index is 12.7. The summed E-state index contributed by atoms with van der Waals surface area (Å²) in [7, 11) is 1.64. The van der Waals surface area contributed by atoms with Crippen molar-refractivity contribution in [2.45, 2.75) is 34.6 Å². The second-order valence-electron chi connectivity index (χ2n) is 6.62. The monoisotopic (exact) mass is 382 g/mol. The number of carbonyl (C=O) groups excluding carboxylic acids is 1. The van der Waals surface area contributed by atoms with Gasteiger partial charge in [-0.2, -0.15) is 0 Å². The van der Waals surface area contributed by atoms with Gasteiger partial charge in [0.1, 0.15) is 5.75 Å². The number of allylic oxidation sites excluding steroid dienone is 2. The Balaban J connectivity index is 0.00000190. The average molecular weight is 383 g/mol. The van der Waals surface area contributed by atoms with Gasteiger partial charge in [0, 0.05) is 36.2 Å². The Morgan fingerprint density at radius 2 is 1.82 bits per heavy atom. The highest BCUT2D eigenvalue weighted by Gasteiger charge is 2.28.